The Labute approximate surface area is 115 Å². The van der Waals surface area contributed by atoms with Crippen LogP contribution in [0.1, 0.15) is 37.8 Å². The van der Waals surface area contributed by atoms with E-state index in [1.807, 2.05) is 13.0 Å². The summed E-state index contributed by atoms with van der Waals surface area (Å²) in [6.07, 6.45) is 0. The second-order valence-electron chi connectivity index (χ2n) is 4.55. The second kappa shape index (κ2) is 5.16. The van der Waals surface area contributed by atoms with Crippen LogP contribution in [0.2, 0.25) is 0 Å². The SMILES string of the molecule is Cc1cccc(NC(=O)c2c(C)[nH]c(C(=O)O)c2C)n1. The molecule has 1 amide bonds. The highest BCUT2D eigenvalue weighted by atomic mass is 16.4. The van der Waals surface area contributed by atoms with Crippen LogP contribution in [0.15, 0.2) is 18.2 Å². The number of carboxylic acids is 1. The number of amides is 1. The number of nitrogens with zero attached hydrogens (tertiary/aromatic N) is 1. The van der Waals surface area contributed by atoms with Gasteiger partial charge in [-0.15, -0.1) is 0 Å². The van der Waals surface area contributed by atoms with Crippen molar-refractivity contribution in [2.75, 3.05) is 5.32 Å². The van der Waals surface area contributed by atoms with Crippen molar-refractivity contribution in [1.82, 2.24) is 9.97 Å². The van der Waals surface area contributed by atoms with Crippen LogP contribution in [0.3, 0.4) is 0 Å². The van der Waals surface area contributed by atoms with Crippen LogP contribution in [0.25, 0.3) is 0 Å². The number of hydrogen-bond donors (Lipinski definition) is 3. The van der Waals surface area contributed by atoms with Gasteiger partial charge in [0.05, 0.1) is 5.56 Å². The number of hydrogen-bond acceptors (Lipinski definition) is 3. The molecule has 6 heteroatoms. The van der Waals surface area contributed by atoms with Crippen molar-refractivity contribution in [3.05, 3.63) is 46.4 Å². The van der Waals surface area contributed by atoms with Crippen molar-refractivity contribution >= 4 is 17.7 Å². The number of nitrogens with one attached hydrogen (secondary N) is 2. The predicted octanol–water partition coefficient (Wildman–Crippen LogP) is 2.29. The largest absolute Gasteiger partial charge is 0.477 e. The summed E-state index contributed by atoms with van der Waals surface area (Å²) in [7, 11) is 0. The third-order valence-corrected chi connectivity index (χ3v) is 3.01. The van der Waals surface area contributed by atoms with Gasteiger partial charge in [-0.05, 0) is 38.5 Å². The zero-order chi connectivity index (χ0) is 14.9. The van der Waals surface area contributed by atoms with E-state index in [2.05, 4.69) is 15.3 Å². The standard InChI is InChI=1S/C14H15N3O3/c1-7-5-4-6-10(15-7)17-13(18)11-8(2)12(14(19)20)16-9(11)3/h4-6,16H,1-3H3,(H,19,20)(H,15,17,18). The monoisotopic (exact) mass is 273 g/mol. The molecule has 6 nitrogen and oxygen atoms in total. The molecule has 2 rings (SSSR count). The van der Waals surface area contributed by atoms with E-state index in [0.29, 0.717) is 22.6 Å². The van der Waals surface area contributed by atoms with Crippen molar-refractivity contribution < 1.29 is 14.7 Å². The first-order valence-corrected chi connectivity index (χ1v) is 6.07. The van der Waals surface area contributed by atoms with Crippen molar-refractivity contribution in [1.29, 1.82) is 0 Å². The Morgan fingerprint density at radius 1 is 1.25 bits per heavy atom. The third kappa shape index (κ3) is 2.54. The summed E-state index contributed by atoms with van der Waals surface area (Å²) in [5.74, 6) is -1.02. The summed E-state index contributed by atoms with van der Waals surface area (Å²) < 4.78 is 0. The molecule has 0 unspecified atom stereocenters. The molecule has 0 aromatic carbocycles. The fourth-order valence-corrected chi connectivity index (χ4v) is 2.10. The maximum atomic E-state index is 12.2. The van der Waals surface area contributed by atoms with Gasteiger partial charge in [0.1, 0.15) is 11.5 Å². The Balaban J connectivity index is 2.32. The number of pyridine rings is 1. The molecule has 2 aromatic rings. The molecule has 0 saturated heterocycles. The number of aromatic amines is 1. The zero-order valence-corrected chi connectivity index (χ0v) is 11.4. The van der Waals surface area contributed by atoms with Gasteiger partial charge in [-0.1, -0.05) is 6.07 Å². The summed E-state index contributed by atoms with van der Waals surface area (Å²) in [4.78, 5) is 30.2. The van der Waals surface area contributed by atoms with Gasteiger partial charge < -0.3 is 15.4 Å². The highest BCUT2D eigenvalue weighted by Crippen LogP contribution is 2.19. The minimum absolute atomic E-state index is 0.0323. The van der Waals surface area contributed by atoms with E-state index < -0.39 is 5.97 Å². The number of aromatic carboxylic acids is 1. The van der Waals surface area contributed by atoms with Crippen LogP contribution >= 0.6 is 0 Å². The number of carbonyl (C=O) groups excluding carboxylic acids is 1. The van der Waals surface area contributed by atoms with E-state index in [9.17, 15) is 9.59 Å². The molecule has 104 valence electrons. The summed E-state index contributed by atoms with van der Waals surface area (Å²) in [6, 6.07) is 5.29. The van der Waals surface area contributed by atoms with Gasteiger partial charge in [0.25, 0.3) is 5.91 Å². The molecule has 3 N–H and O–H groups in total. The Morgan fingerprint density at radius 3 is 2.50 bits per heavy atom. The van der Waals surface area contributed by atoms with Crippen LogP contribution in [0.4, 0.5) is 5.82 Å². The van der Waals surface area contributed by atoms with E-state index in [1.165, 1.54) is 0 Å². The minimum atomic E-state index is -1.08. The highest BCUT2D eigenvalue weighted by Gasteiger charge is 2.21. The van der Waals surface area contributed by atoms with Gasteiger partial charge in [-0.25, -0.2) is 9.78 Å². The normalized spacial score (nSPS) is 10.3. The minimum Gasteiger partial charge on any atom is -0.477 e. The molecule has 0 saturated carbocycles. The average Bonchev–Trinajstić information content (AvgIpc) is 2.65. The maximum absolute atomic E-state index is 12.2. The molecular weight excluding hydrogens is 258 g/mol. The summed E-state index contributed by atoms with van der Waals surface area (Å²) >= 11 is 0. The van der Waals surface area contributed by atoms with Crippen LogP contribution in [-0.2, 0) is 0 Å². The Kier molecular flexibility index (Phi) is 3.56. The molecule has 20 heavy (non-hydrogen) atoms. The molecule has 2 heterocycles. The molecule has 0 aliphatic heterocycles. The number of aromatic nitrogens is 2. The molecule has 0 aliphatic rings. The first-order chi connectivity index (χ1) is 9.40. The van der Waals surface area contributed by atoms with E-state index in [1.54, 1.807) is 26.0 Å². The van der Waals surface area contributed by atoms with Crippen molar-refractivity contribution in [3.63, 3.8) is 0 Å². The number of carboxylic acid groups (broad SMARTS) is 1. The van der Waals surface area contributed by atoms with E-state index in [0.717, 1.165) is 5.69 Å². The molecule has 0 atom stereocenters. The Morgan fingerprint density at radius 2 is 1.95 bits per heavy atom. The second-order valence-corrected chi connectivity index (χ2v) is 4.55. The Bertz CT molecular complexity index is 689. The lowest BCUT2D eigenvalue weighted by atomic mass is 10.1. The lowest BCUT2D eigenvalue weighted by Gasteiger charge is -2.05. The zero-order valence-electron chi connectivity index (χ0n) is 11.4. The fraction of sp³-hybridized carbons (Fsp3) is 0.214. The summed E-state index contributed by atoms with van der Waals surface area (Å²) in [5, 5.41) is 11.7. The van der Waals surface area contributed by atoms with Crippen molar-refractivity contribution in [2.24, 2.45) is 0 Å². The smallest absolute Gasteiger partial charge is 0.352 e. The quantitative estimate of drug-likeness (QED) is 0.799. The number of rotatable bonds is 3. The van der Waals surface area contributed by atoms with Crippen LogP contribution in [0, 0.1) is 20.8 Å². The number of carbonyl (C=O) groups is 2. The highest BCUT2D eigenvalue weighted by molar-refractivity contribution is 6.07. The van der Waals surface area contributed by atoms with Gasteiger partial charge in [0.15, 0.2) is 0 Å². The molecule has 0 fully saturated rings. The van der Waals surface area contributed by atoms with Crippen LogP contribution in [-0.4, -0.2) is 27.0 Å². The third-order valence-electron chi connectivity index (χ3n) is 3.01. The fourth-order valence-electron chi connectivity index (χ4n) is 2.10. The maximum Gasteiger partial charge on any atom is 0.352 e. The van der Waals surface area contributed by atoms with Gasteiger partial charge in [-0.3, -0.25) is 4.79 Å². The van der Waals surface area contributed by atoms with Crippen LogP contribution in [0.5, 0.6) is 0 Å². The van der Waals surface area contributed by atoms with Gasteiger partial charge in [0.2, 0.25) is 0 Å². The van der Waals surface area contributed by atoms with Gasteiger partial charge >= 0.3 is 5.97 Å². The first-order valence-electron chi connectivity index (χ1n) is 6.07. The van der Waals surface area contributed by atoms with E-state index >= 15 is 0 Å². The molecule has 0 radical (unpaired) electrons. The lowest BCUT2D eigenvalue weighted by Crippen LogP contribution is -2.15. The van der Waals surface area contributed by atoms with E-state index in [-0.39, 0.29) is 11.6 Å². The van der Waals surface area contributed by atoms with Crippen molar-refractivity contribution in [3.8, 4) is 0 Å². The van der Waals surface area contributed by atoms with Gasteiger partial charge in [-0.2, -0.15) is 0 Å². The Hall–Kier alpha value is -2.63. The van der Waals surface area contributed by atoms with Crippen LogP contribution < -0.4 is 5.32 Å². The predicted molar refractivity (Wildman–Crippen MR) is 74.2 cm³/mol. The first kappa shape index (κ1) is 13.8. The summed E-state index contributed by atoms with van der Waals surface area (Å²) in [5.41, 5.74) is 2.09. The molecule has 0 spiro atoms. The molecule has 0 aliphatic carbocycles. The average molecular weight is 273 g/mol. The number of anilines is 1. The molecule has 2 aromatic heterocycles. The van der Waals surface area contributed by atoms with E-state index in [4.69, 9.17) is 5.11 Å². The topological polar surface area (TPSA) is 95.1 Å². The van der Waals surface area contributed by atoms with Crippen molar-refractivity contribution in [2.45, 2.75) is 20.8 Å². The number of aryl methyl sites for hydroxylation is 2. The molecule has 0 bridgehead atoms. The lowest BCUT2D eigenvalue weighted by molar-refractivity contribution is 0.0690. The summed E-state index contributed by atoms with van der Waals surface area (Å²) in [6.45, 7) is 5.09. The number of H-pyrrole nitrogens is 1. The van der Waals surface area contributed by atoms with Gasteiger partial charge in [0, 0.05) is 11.4 Å². The molecular formula is C14H15N3O3.